The summed E-state index contributed by atoms with van der Waals surface area (Å²) in [4.78, 5) is 33.4. The molecule has 0 spiro atoms. The van der Waals surface area contributed by atoms with Crippen LogP contribution in [0.1, 0.15) is 48.8 Å². The maximum Gasteiger partial charge on any atom is 0.407 e. The van der Waals surface area contributed by atoms with Crippen LogP contribution in [0.3, 0.4) is 0 Å². The third kappa shape index (κ3) is 8.03. The largest absolute Gasteiger partial charge is 0.489 e. The second-order valence-electron chi connectivity index (χ2n) is 10.9. The zero-order chi connectivity index (χ0) is 28.0. The van der Waals surface area contributed by atoms with Crippen LogP contribution in [0.5, 0.6) is 5.75 Å². The second kappa shape index (κ2) is 12.6. The van der Waals surface area contributed by atoms with Gasteiger partial charge in [0.15, 0.2) is 0 Å². The van der Waals surface area contributed by atoms with E-state index >= 15 is 0 Å². The van der Waals surface area contributed by atoms with Crippen molar-refractivity contribution >= 4 is 29.4 Å². The van der Waals surface area contributed by atoms with Gasteiger partial charge in [-0.2, -0.15) is 0 Å². The van der Waals surface area contributed by atoms with E-state index in [2.05, 4.69) is 45.3 Å². The number of likely N-dealkylation sites (tertiary alicyclic amines) is 1. The van der Waals surface area contributed by atoms with E-state index in [0.29, 0.717) is 12.1 Å². The molecule has 1 fully saturated rings. The first kappa shape index (κ1) is 28.6. The number of nitrogens with one attached hydrogen (secondary N) is 1. The van der Waals surface area contributed by atoms with Gasteiger partial charge in [0, 0.05) is 51.0 Å². The fraction of sp³-hybridized carbons (Fsp3) is 0.433. The number of carbonyl (C=O) groups excluding carboxylic acids is 2. The van der Waals surface area contributed by atoms with Gasteiger partial charge in [0.25, 0.3) is 0 Å². The van der Waals surface area contributed by atoms with E-state index in [4.69, 9.17) is 9.47 Å². The molecule has 1 N–H and O–H groups in total. The normalized spacial score (nSPS) is 15.7. The van der Waals surface area contributed by atoms with Crippen molar-refractivity contribution in [3.05, 3.63) is 64.8 Å². The minimum atomic E-state index is -0.548. The Morgan fingerprint density at radius 3 is 2.67 bits per heavy atom. The van der Waals surface area contributed by atoms with Crippen molar-refractivity contribution in [3.8, 4) is 16.2 Å². The van der Waals surface area contributed by atoms with Crippen molar-refractivity contribution in [3.63, 3.8) is 0 Å². The number of carbonyl (C=O) groups is 2. The van der Waals surface area contributed by atoms with Gasteiger partial charge < -0.3 is 19.7 Å². The highest BCUT2D eigenvalue weighted by Gasteiger charge is 2.24. The van der Waals surface area contributed by atoms with Crippen LogP contribution in [0, 0.1) is 6.92 Å². The van der Waals surface area contributed by atoms with Crippen molar-refractivity contribution in [2.45, 2.75) is 52.4 Å². The smallest absolute Gasteiger partial charge is 0.407 e. The predicted molar refractivity (Wildman–Crippen MR) is 156 cm³/mol. The molecule has 2 heterocycles. The molecule has 1 unspecified atom stereocenters. The van der Waals surface area contributed by atoms with Gasteiger partial charge in [0.05, 0.1) is 16.1 Å². The highest BCUT2D eigenvalue weighted by atomic mass is 32.1. The molecule has 1 saturated heterocycles. The number of anilines is 1. The number of aryl methyl sites for hydroxylation is 1. The Hall–Kier alpha value is -3.43. The molecule has 1 aliphatic heterocycles. The van der Waals surface area contributed by atoms with Gasteiger partial charge in [-0.1, -0.05) is 12.1 Å². The average Bonchev–Trinajstić information content (AvgIpc) is 3.54. The van der Waals surface area contributed by atoms with Crippen LogP contribution >= 0.6 is 11.3 Å². The molecule has 0 saturated carbocycles. The van der Waals surface area contributed by atoms with Gasteiger partial charge in [-0.15, -0.1) is 11.3 Å². The summed E-state index contributed by atoms with van der Waals surface area (Å²) in [6.07, 6.45) is 1.50. The fourth-order valence-electron chi connectivity index (χ4n) is 4.60. The third-order valence-electron chi connectivity index (χ3n) is 6.63. The number of likely N-dealkylation sites (N-methyl/N-ethyl adjacent to an activating group) is 1. The number of nitrogens with zero attached hydrogens (tertiary/aromatic N) is 3. The standard InChI is InChI=1S/C30H38N4O4S/c1-21-28(39-20-32-21)23-8-9-24(17-31-29(36)38-30(2,3)4)27(16-23)33(5)14-15-34-13-12-26(18-34)37-25-10-6-22(19-35)7-11-25/h6-11,16,19-20,26H,12-15,17-18H2,1-5H3,(H,31,36). The van der Waals surface area contributed by atoms with Crippen LogP contribution in [0.4, 0.5) is 10.5 Å². The fourth-order valence-corrected chi connectivity index (χ4v) is 5.40. The summed E-state index contributed by atoms with van der Waals surface area (Å²) in [5.41, 5.74) is 6.19. The number of alkyl carbamates (subject to hydrolysis) is 1. The molecule has 0 bridgehead atoms. The topological polar surface area (TPSA) is 84.0 Å². The summed E-state index contributed by atoms with van der Waals surface area (Å²) in [6.45, 7) is 11.5. The molecule has 4 rings (SSSR count). The molecule has 1 aromatic heterocycles. The second-order valence-corrected chi connectivity index (χ2v) is 11.8. The number of ether oxygens (including phenoxy) is 2. The molecule has 9 heteroatoms. The van der Waals surface area contributed by atoms with E-state index in [-0.39, 0.29) is 6.10 Å². The Kier molecular flexibility index (Phi) is 9.24. The number of hydrogen-bond donors (Lipinski definition) is 1. The minimum absolute atomic E-state index is 0.128. The van der Waals surface area contributed by atoms with Crippen molar-refractivity contribution in [1.82, 2.24) is 15.2 Å². The van der Waals surface area contributed by atoms with E-state index < -0.39 is 11.7 Å². The zero-order valence-corrected chi connectivity index (χ0v) is 24.2. The van der Waals surface area contributed by atoms with E-state index in [9.17, 15) is 9.59 Å². The Morgan fingerprint density at radius 1 is 1.23 bits per heavy atom. The Bertz CT molecular complexity index is 1270. The maximum atomic E-state index is 12.3. The lowest BCUT2D eigenvalue weighted by atomic mass is 10.1. The first-order valence-corrected chi connectivity index (χ1v) is 14.1. The lowest BCUT2D eigenvalue weighted by molar-refractivity contribution is 0.0523. The summed E-state index contributed by atoms with van der Waals surface area (Å²) >= 11 is 1.63. The number of aldehydes is 1. The van der Waals surface area contributed by atoms with Crippen LogP contribution < -0.4 is 15.0 Å². The Labute approximate surface area is 234 Å². The Balaban J connectivity index is 1.40. The number of aromatic nitrogens is 1. The average molecular weight is 551 g/mol. The monoisotopic (exact) mass is 550 g/mol. The van der Waals surface area contributed by atoms with Crippen molar-refractivity contribution in [1.29, 1.82) is 0 Å². The number of thiazole rings is 1. The van der Waals surface area contributed by atoms with Crippen LogP contribution in [0.2, 0.25) is 0 Å². The van der Waals surface area contributed by atoms with Crippen molar-refractivity contribution in [2.24, 2.45) is 0 Å². The molecule has 2 aromatic carbocycles. The molecule has 1 aliphatic rings. The van der Waals surface area contributed by atoms with Gasteiger partial charge >= 0.3 is 6.09 Å². The maximum absolute atomic E-state index is 12.3. The predicted octanol–water partition coefficient (Wildman–Crippen LogP) is 5.55. The number of rotatable bonds is 10. The summed E-state index contributed by atoms with van der Waals surface area (Å²) < 4.78 is 11.6. The van der Waals surface area contributed by atoms with Crippen LogP contribution in [0.25, 0.3) is 10.4 Å². The molecule has 0 radical (unpaired) electrons. The van der Waals surface area contributed by atoms with Crippen LogP contribution in [-0.2, 0) is 11.3 Å². The highest BCUT2D eigenvalue weighted by Crippen LogP contribution is 2.32. The van der Waals surface area contributed by atoms with Crippen molar-refractivity contribution in [2.75, 3.05) is 38.1 Å². The molecule has 208 valence electrons. The first-order chi connectivity index (χ1) is 18.6. The number of amides is 1. The number of benzene rings is 2. The SMILES string of the molecule is Cc1ncsc1-c1ccc(CNC(=O)OC(C)(C)C)c(N(C)CCN2CCC(Oc3ccc(C=O)cc3)C2)c1. The Morgan fingerprint density at radius 2 is 2.00 bits per heavy atom. The minimum Gasteiger partial charge on any atom is -0.489 e. The van der Waals surface area contributed by atoms with E-state index in [1.807, 2.05) is 45.3 Å². The molecule has 1 atom stereocenters. The third-order valence-corrected chi connectivity index (χ3v) is 7.60. The molecule has 3 aromatic rings. The first-order valence-electron chi connectivity index (χ1n) is 13.3. The van der Waals surface area contributed by atoms with Crippen molar-refractivity contribution < 1.29 is 19.1 Å². The lowest BCUT2D eigenvalue weighted by Gasteiger charge is -2.26. The molecular weight excluding hydrogens is 512 g/mol. The van der Waals surface area contributed by atoms with Gasteiger partial charge in [0.2, 0.25) is 0 Å². The van der Waals surface area contributed by atoms with E-state index in [1.54, 1.807) is 23.5 Å². The number of hydrogen-bond acceptors (Lipinski definition) is 8. The summed E-state index contributed by atoms with van der Waals surface area (Å²) in [5.74, 6) is 0.793. The van der Waals surface area contributed by atoms with E-state index in [1.165, 1.54) is 0 Å². The van der Waals surface area contributed by atoms with Gasteiger partial charge in [-0.05, 0) is 75.6 Å². The molecule has 0 aliphatic carbocycles. The lowest BCUT2D eigenvalue weighted by Crippen LogP contribution is -2.34. The van der Waals surface area contributed by atoms with E-state index in [0.717, 1.165) is 72.0 Å². The molecule has 8 nitrogen and oxygen atoms in total. The molecule has 39 heavy (non-hydrogen) atoms. The summed E-state index contributed by atoms with van der Waals surface area (Å²) in [6, 6.07) is 13.6. The molecule has 1 amide bonds. The zero-order valence-electron chi connectivity index (χ0n) is 23.4. The quantitative estimate of drug-likeness (QED) is 0.332. The van der Waals surface area contributed by atoms with Gasteiger partial charge in [-0.3, -0.25) is 9.69 Å². The highest BCUT2D eigenvalue weighted by molar-refractivity contribution is 7.13. The molecular formula is C30H38N4O4S. The summed E-state index contributed by atoms with van der Waals surface area (Å²) in [7, 11) is 2.09. The van der Waals surface area contributed by atoms with Gasteiger partial charge in [-0.25, -0.2) is 9.78 Å². The van der Waals surface area contributed by atoms with Crippen LogP contribution in [-0.4, -0.2) is 67.2 Å². The summed E-state index contributed by atoms with van der Waals surface area (Å²) in [5, 5.41) is 2.91. The van der Waals surface area contributed by atoms with Gasteiger partial charge in [0.1, 0.15) is 23.7 Å². The van der Waals surface area contributed by atoms with Crippen LogP contribution in [0.15, 0.2) is 48.0 Å².